The van der Waals surface area contributed by atoms with Gasteiger partial charge in [0.2, 0.25) is 0 Å². The molecule has 0 aromatic rings. The Balaban J connectivity index is 0. The molecule has 1 rings (SSSR count). The van der Waals surface area contributed by atoms with Crippen molar-refractivity contribution in [2.24, 2.45) is 5.73 Å². The molecule has 1 aliphatic rings. The SMILES string of the molecule is CC(C)(N)CNC1CCCCC1.Cl.Cl. The molecule has 0 amide bonds. The van der Waals surface area contributed by atoms with E-state index in [0.717, 1.165) is 12.6 Å². The predicted octanol–water partition coefficient (Wildman–Crippen LogP) is 2.49. The van der Waals surface area contributed by atoms with Crippen molar-refractivity contribution in [1.29, 1.82) is 0 Å². The zero-order valence-electron chi connectivity index (χ0n) is 9.21. The van der Waals surface area contributed by atoms with E-state index in [1.165, 1.54) is 32.1 Å². The summed E-state index contributed by atoms with van der Waals surface area (Å²) >= 11 is 0. The third kappa shape index (κ3) is 7.86. The van der Waals surface area contributed by atoms with Crippen LogP contribution >= 0.6 is 24.8 Å². The van der Waals surface area contributed by atoms with Gasteiger partial charge in [0.15, 0.2) is 0 Å². The predicted molar refractivity (Wildman–Crippen MR) is 67.6 cm³/mol. The average Bonchev–Trinajstić information content (AvgIpc) is 2.02. The number of nitrogens with two attached hydrogens (primary N) is 1. The standard InChI is InChI=1S/C10H22N2.2ClH/c1-10(2,11)8-12-9-6-4-3-5-7-9;;/h9,12H,3-8,11H2,1-2H3;2*1H. The summed E-state index contributed by atoms with van der Waals surface area (Å²) in [5.74, 6) is 0. The Morgan fingerprint density at radius 1 is 1.14 bits per heavy atom. The van der Waals surface area contributed by atoms with E-state index in [1.807, 2.05) is 0 Å². The van der Waals surface area contributed by atoms with E-state index in [-0.39, 0.29) is 30.4 Å². The second-order valence-electron chi connectivity index (χ2n) is 4.70. The third-order valence-electron chi connectivity index (χ3n) is 2.45. The Bertz CT molecular complexity index is 129. The first-order valence-corrected chi connectivity index (χ1v) is 5.10. The summed E-state index contributed by atoms with van der Waals surface area (Å²) in [5.41, 5.74) is 5.83. The van der Waals surface area contributed by atoms with Gasteiger partial charge in [-0.1, -0.05) is 19.3 Å². The highest BCUT2D eigenvalue weighted by Crippen LogP contribution is 2.17. The number of nitrogens with one attached hydrogen (secondary N) is 1. The Kier molecular flexibility index (Phi) is 9.36. The van der Waals surface area contributed by atoms with Crippen LogP contribution in [0.4, 0.5) is 0 Å². The van der Waals surface area contributed by atoms with Crippen molar-refractivity contribution in [2.45, 2.75) is 57.5 Å². The Morgan fingerprint density at radius 2 is 1.64 bits per heavy atom. The van der Waals surface area contributed by atoms with Gasteiger partial charge in [-0.05, 0) is 26.7 Å². The van der Waals surface area contributed by atoms with Gasteiger partial charge in [0.05, 0.1) is 0 Å². The van der Waals surface area contributed by atoms with E-state index in [0.29, 0.717) is 0 Å². The lowest BCUT2D eigenvalue weighted by molar-refractivity contribution is 0.342. The summed E-state index contributed by atoms with van der Waals surface area (Å²) in [6, 6.07) is 0.738. The van der Waals surface area contributed by atoms with Gasteiger partial charge >= 0.3 is 0 Å². The van der Waals surface area contributed by atoms with Gasteiger partial charge in [-0.25, -0.2) is 0 Å². The molecule has 0 bridgehead atoms. The summed E-state index contributed by atoms with van der Waals surface area (Å²) in [7, 11) is 0. The van der Waals surface area contributed by atoms with Crippen LogP contribution in [-0.2, 0) is 0 Å². The highest BCUT2D eigenvalue weighted by molar-refractivity contribution is 5.85. The third-order valence-corrected chi connectivity index (χ3v) is 2.45. The first kappa shape index (κ1) is 16.9. The number of hydrogen-bond acceptors (Lipinski definition) is 2. The quantitative estimate of drug-likeness (QED) is 0.799. The fourth-order valence-corrected chi connectivity index (χ4v) is 1.71. The first-order chi connectivity index (χ1) is 5.58. The van der Waals surface area contributed by atoms with Gasteiger partial charge < -0.3 is 11.1 Å². The maximum atomic E-state index is 5.89. The van der Waals surface area contributed by atoms with E-state index in [4.69, 9.17) is 5.73 Å². The summed E-state index contributed by atoms with van der Waals surface area (Å²) < 4.78 is 0. The molecule has 1 saturated carbocycles. The number of rotatable bonds is 3. The average molecular weight is 243 g/mol. The lowest BCUT2D eigenvalue weighted by Crippen LogP contribution is -2.46. The monoisotopic (exact) mass is 242 g/mol. The van der Waals surface area contributed by atoms with Crippen LogP contribution in [0.5, 0.6) is 0 Å². The number of hydrogen-bond donors (Lipinski definition) is 2. The fraction of sp³-hybridized carbons (Fsp3) is 1.00. The van der Waals surface area contributed by atoms with Crippen LogP contribution in [0.2, 0.25) is 0 Å². The summed E-state index contributed by atoms with van der Waals surface area (Å²) in [6.07, 6.45) is 6.89. The smallest absolute Gasteiger partial charge is 0.0223 e. The van der Waals surface area contributed by atoms with E-state index in [1.54, 1.807) is 0 Å². The molecule has 0 atom stereocenters. The molecule has 0 saturated heterocycles. The van der Waals surface area contributed by atoms with Crippen molar-refractivity contribution in [2.75, 3.05) is 6.54 Å². The molecular formula is C10H24Cl2N2. The molecule has 0 spiro atoms. The maximum Gasteiger partial charge on any atom is 0.0223 e. The van der Waals surface area contributed by atoms with Crippen LogP contribution in [0.15, 0.2) is 0 Å². The molecule has 0 unspecified atom stereocenters. The normalized spacial score (nSPS) is 18.2. The first-order valence-electron chi connectivity index (χ1n) is 5.10. The summed E-state index contributed by atoms with van der Waals surface area (Å²) in [5, 5.41) is 3.54. The van der Waals surface area contributed by atoms with Crippen molar-refractivity contribution in [3.8, 4) is 0 Å². The minimum atomic E-state index is -0.0581. The zero-order chi connectivity index (χ0) is 9.03. The van der Waals surface area contributed by atoms with Gasteiger partial charge in [-0.3, -0.25) is 0 Å². The molecular weight excluding hydrogens is 219 g/mol. The lowest BCUT2D eigenvalue weighted by Gasteiger charge is -2.27. The second-order valence-corrected chi connectivity index (χ2v) is 4.70. The summed E-state index contributed by atoms with van der Waals surface area (Å²) in [6.45, 7) is 5.09. The topological polar surface area (TPSA) is 38.0 Å². The molecule has 0 aromatic carbocycles. The lowest BCUT2D eigenvalue weighted by atomic mass is 9.95. The molecule has 0 heterocycles. The molecule has 0 aliphatic heterocycles. The highest BCUT2D eigenvalue weighted by atomic mass is 35.5. The van der Waals surface area contributed by atoms with Gasteiger partial charge in [0, 0.05) is 18.1 Å². The van der Waals surface area contributed by atoms with Gasteiger partial charge in [0.1, 0.15) is 0 Å². The molecule has 14 heavy (non-hydrogen) atoms. The van der Waals surface area contributed by atoms with E-state index in [2.05, 4.69) is 19.2 Å². The van der Waals surface area contributed by atoms with Crippen molar-refractivity contribution in [1.82, 2.24) is 5.32 Å². The minimum Gasteiger partial charge on any atom is -0.324 e. The van der Waals surface area contributed by atoms with Crippen LogP contribution in [0, 0.1) is 0 Å². The van der Waals surface area contributed by atoms with Crippen molar-refractivity contribution in [3.63, 3.8) is 0 Å². The molecule has 4 heteroatoms. The van der Waals surface area contributed by atoms with Crippen LogP contribution in [0.3, 0.4) is 0 Å². The van der Waals surface area contributed by atoms with Crippen LogP contribution in [0.1, 0.15) is 46.0 Å². The minimum absolute atomic E-state index is 0. The molecule has 2 nitrogen and oxygen atoms in total. The largest absolute Gasteiger partial charge is 0.324 e. The van der Waals surface area contributed by atoms with Gasteiger partial charge in [0.25, 0.3) is 0 Å². The van der Waals surface area contributed by atoms with E-state index in [9.17, 15) is 0 Å². The molecule has 1 fully saturated rings. The molecule has 1 aliphatic carbocycles. The Labute approximate surface area is 100 Å². The maximum absolute atomic E-state index is 5.89. The van der Waals surface area contributed by atoms with Crippen LogP contribution in [0.25, 0.3) is 0 Å². The summed E-state index contributed by atoms with van der Waals surface area (Å²) in [4.78, 5) is 0. The van der Waals surface area contributed by atoms with Crippen molar-refractivity contribution >= 4 is 24.8 Å². The number of halogens is 2. The van der Waals surface area contributed by atoms with Crippen molar-refractivity contribution in [3.05, 3.63) is 0 Å². The second kappa shape index (κ2) is 7.75. The molecule has 0 aromatic heterocycles. The zero-order valence-corrected chi connectivity index (χ0v) is 10.8. The molecule has 3 N–H and O–H groups in total. The van der Waals surface area contributed by atoms with Crippen molar-refractivity contribution < 1.29 is 0 Å². The molecule has 0 radical (unpaired) electrons. The fourth-order valence-electron chi connectivity index (χ4n) is 1.71. The van der Waals surface area contributed by atoms with Gasteiger partial charge in [-0.15, -0.1) is 24.8 Å². The van der Waals surface area contributed by atoms with Crippen LogP contribution in [-0.4, -0.2) is 18.1 Å². The molecule has 88 valence electrons. The van der Waals surface area contributed by atoms with E-state index >= 15 is 0 Å². The Hall–Kier alpha value is 0.500. The van der Waals surface area contributed by atoms with Crippen LogP contribution < -0.4 is 11.1 Å². The van der Waals surface area contributed by atoms with E-state index < -0.39 is 0 Å². The Morgan fingerprint density at radius 3 is 2.07 bits per heavy atom. The highest BCUT2D eigenvalue weighted by Gasteiger charge is 2.16. The van der Waals surface area contributed by atoms with Gasteiger partial charge in [-0.2, -0.15) is 0 Å².